The van der Waals surface area contributed by atoms with Crippen molar-refractivity contribution >= 4 is 28.0 Å². The van der Waals surface area contributed by atoms with Gasteiger partial charge >= 0.3 is 0 Å². The molecule has 0 saturated heterocycles. The second-order valence-electron chi connectivity index (χ2n) is 4.91. The van der Waals surface area contributed by atoms with Gasteiger partial charge in [0.25, 0.3) is 0 Å². The maximum Gasteiger partial charge on any atom is 0.0464 e. The summed E-state index contributed by atoms with van der Waals surface area (Å²) in [7, 11) is 0. The molecule has 2 rings (SSSR count). The highest BCUT2D eigenvalue weighted by molar-refractivity contribution is 8.08. The van der Waals surface area contributed by atoms with Gasteiger partial charge in [0.1, 0.15) is 0 Å². The highest BCUT2D eigenvalue weighted by Crippen LogP contribution is 2.38. The van der Waals surface area contributed by atoms with Crippen molar-refractivity contribution in [3.05, 3.63) is 72.4 Å². The van der Waals surface area contributed by atoms with Crippen molar-refractivity contribution in [3.8, 4) is 0 Å². The molecule has 3 N–H and O–H groups in total. The molecule has 0 radical (unpaired) electrons. The zero-order valence-electron chi connectivity index (χ0n) is 13.1. The minimum absolute atomic E-state index is 0.786. The Bertz CT molecular complexity index is 672. The summed E-state index contributed by atoms with van der Waals surface area (Å²) in [6.45, 7) is 8.00. The van der Waals surface area contributed by atoms with Gasteiger partial charge in [-0.1, -0.05) is 37.4 Å². The number of rotatable bonds is 6. The number of thioether (sulfide) groups is 1. The highest BCUT2D eigenvalue weighted by atomic mass is 32.2. The van der Waals surface area contributed by atoms with E-state index in [0.717, 1.165) is 17.8 Å². The van der Waals surface area contributed by atoms with Gasteiger partial charge in [-0.25, -0.2) is 0 Å². The minimum Gasteiger partial charge on any atom is -0.399 e. The first kappa shape index (κ1) is 16.2. The topological polar surface area (TPSA) is 38.0 Å². The predicted molar refractivity (Wildman–Crippen MR) is 100 cm³/mol. The summed E-state index contributed by atoms with van der Waals surface area (Å²) < 4.78 is 0. The van der Waals surface area contributed by atoms with Crippen LogP contribution < -0.4 is 11.1 Å². The van der Waals surface area contributed by atoms with Crippen LogP contribution in [-0.2, 0) is 6.42 Å². The van der Waals surface area contributed by atoms with E-state index in [0.29, 0.717) is 0 Å². The van der Waals surface area contributed by atoms with Gasteiger partial charge in [0, 0.05) is 26.7 Å². The quantitative estimate of drug-likeness (QED) is 0.543. The lowest BCUT2D eigenvalue weighted by Gasteiger charge is -2.14. The third kappa shape index (κ3) is 3.95. The molecule has 2 aromatic rings. The SMILES string of the molecule is C=CNc1ccc(CC)cc1/C(=C\C)Sc1ccc(N)cc1. The molecule has 0 saturated carbocycles. The maximum absolute atomic E-state index is 5.76. The molecule has 2 nitrogen and oxygen atoms in total. The molecular weight excluding hydrogens is 288 g/mol. The number of nitrogens with one attached hydrogen (secondary N) is 1. The molecule has 0 aromatic heterocycles. The first-order valence-electron chi connectivity index (χ1n) is 7.38. The Morgan fingerprint density at radius 3 is 2.55 bits per heavy atom. The van der Waals surface area contributed by atoms with E-state index < -0.39 is 0 Å². The molecule has 0 fully saturated rings. The lowest BCUT2D eigenvalue weighted by molar-refractivity contribution is 1.14. The summed E-state index contributed by atoms with van der Waals surface area (Å²) in [6, 6.07) is 14.5. The predicted octanol–water partition coefficient (Wildman–Crippen LogP) is 5.54. The molecule has 2 aromatic carbocycles. The van der Waals surface area contributed by atoms with Crippen LogP contribution in [0.5, 0.6) is 0 Å². The molecule has 0 heterocycles. The summed E-state index contributed by atoms with van der Waals surface area (Å²) in [4.78, 5) is 2.39. The number of benzene rings is 2. The number of aryl methyl sites for hydroxylation is 1. The molecule has 22 heavy (non-hydrogen) atoms. The van der Waals surface area contributed by atoms with E-state index in [-0.39, 0.29) is 0 Å². The second-order valence-corrected chi connectivity index (χ2v) is 6.02. The lowest BCUT2D eigenvalue weighted by Crippen LogP contribution is -1.95. The van der Waals surface area contributed by atoms with Gasteiger partial charge in [0.2, 0.25) is 0 Å². The van der Waals surface area contributed by atoms with Gasteiger partial charge in [0.15, 0.2) is 0 Å². The number of nitrogen functional groups attached to an aromatic ring is 1. The van der Waals surface area contributed by atoms with E-state index in [4.69, 9.17) is 5.73 Å². The molecule has 0 spiro atoms. The maximum atomic E-state index is 5.76. The smallest absolute Gasteiger partial charge is 0.0464 e. The summed E-state index contributed by atoms with van der Waals surface area (Å²) in [5, 5.41) is 3.23. The number of anilines is 2. The van der Waals surface area contributed by atoms with Crippen molar-refractivity contribution in [2.45, 2.75) is 25.2 Å². The molecule has 0 amide bonds. The Labute approximate surface area is 137 Å². The van der Waals surface area contributed by atoms with Crippen LogP contribution in [0.3, 0.4) is 0 Å². The normalized spacial score (nSPS) is 11.3. The molecule has 0 aliphatic heterocycles. The van der Waals surface area contributed by atoms with Gasteiger partial charge < -0.3 is 11.1 Å². The third-order valence-corrected chi connectivity index (χ3v) is 4.57. The van der Waals surface area contributed by atoms with Crippen molar-refractivity contribution in [1.82, 2.24) is 0 Å². The Hall–Kier alpha value is -2.13. The van der Waals surface area contributed by atoms with Gasteiger partial charge in [0.05, 0.1) is 0 Å². The van der Waals surface area contributed by atoms with E-state index in [1.165, 1.54) is 20.9 Å². The van der Waals surface area contributed by atoms with Crippen LogP contribution in [0, 0.1) is 0 Å². The van der Waals surface area contributed by atoms with Crippen LogP contribution in [-0.4, -0.2) is 0 Å². The first-order valence-corrected chi connectivity index (χ1v) is 8.20. The van der Waals surface area contributed by atoms with Crippen LogP contribution >= 0.6 is 11.8 Å². The van der Waals surface area contributed by atoms with Crippen LogP contribution in [0.25, 0.3) is 4.91 Å². The van der Waals surface area contributed by atoms with Gasteiger partial charge in [-0.05, 0) is 61.5 Å². The average Bonchev–Trinajstić information content (AvgIpc) is 2.55. The average molecular weight is 310 g/mol. The van der Waals surface area contributed by atoms with E-state index in [1.807, 2.05) is 24.3 Å². The fourth-order valence-corrected chi connectivity index (χ4v) is 3.11. The molecule has 3 heteroatoms. The summed E-state index contributed by atoms with van der Waals surface area (Å²) >= 11 is 1.74. The van der Waals surface area contributed by atoms with Crippen LogP contribution in [0.1, 0.15) is 25.0 Å². The van der Waals surface area contributed by atoms with Crippen LogP contribution in [0.4, 0.5) is 11.4 Å². The number of allylic oxidation sites excluding steroid dienone is 1. The molecule has 0 bridgehead atoms. The van der Waals surface area contributed by atoms with E-state index in [1.54, 1.807) is 18.0 Å². The molecule has 0 atom stereocenters. The molecule has 0 aliphatic rings. The molecule has 0 unspecified atom stereocenters. The largest absolute Gasteiger partial charge is 0.399 e. The van der Waals surface area contributed by atoms with Gasteiger partial charge in [-0.3, -0.25) is 0 Å². The fourth-order valence-electron chi connectivity index (χ4n) is 2.18. The molecular formula is C19H22N2S. The summed E-state index contributed by atoms with van der Waals surface area (Å²) in [5.74, 6) is 0. The van der Waals surface area contributed by atoms with Gasteiger partial charge in [-0.15, -0.1) is 0 Å². The zero-order valence-corrected chi connectivity index (χ0v) is 13.9. The Balaban J connectivity index is 2.37. The molecule has 114 valence electrons. The Morgan fingerprint density at radius 2 is 1.95 bits per heavy atom. The molecule has 0 aliphatic carbocycles. The standard InChI is InChI=1S/C19H22N2S/c1-4-14-7-12-18(21-6-3)17(13-14)19(5-2)22-16-10-8-15(20)9-11-16/h5-13,21H,3-4,20H2,1-2H3/b19-5+. The number of nitrogens with two attached hydrogens (primary N) is 1. The third-order valence-electron chi connectivity index (χ3n) is 3.39. The van der Waals surface area contributed by atoms with Crippen molar-refractivity contribution in [2.24, 2.45) is 0 Å². The lowest BCUT2D eigenvalue weighted by atomic mass is 10.1. The summed E-state index contributed by atoms with van der Waals surface area (Å²) in [6.07, 6.45) is 4.88. The number of hydrogen-bond donors (Lipinski definition) is 2. The first-order chi connectivity index (χ1) is 10.7. The highest BCUT2D eigenvalue weighted by Gasteiger charge is 2.09. The fraction of sp³-hybridized carbons (Fsp3) is 0.158. The van der Waals surface area contributed by atoms with E-state index in [2.05, 4.69) is 50.0 Å². The van der Waals surface area contributed by atoms with Crippen molar-refractivity contribution in [1.29, 1.82) is 0 Å². The zero-order chi connectivity index (χ0) is 15.9. The van der Waals surface area contributed by atoms with E-state index >= 15 is 0 Å². The van der Waals surface area contributed by atoms with E-state index in [9.17, 15) is 0 Å². The van der Waals surface area contributed by atoms with Crippen LogP contribution in [0.2, 0.25) is 0 Å². The Morgan fingerprint density at radius 1 is 1.23 bits per heavy atom. The van der Waals surface area contributed by atoms with Crippen molar-refractivity contribution < 1.29 is 0 Å². The van der Waals surface area contributed by atoms with Crippen molar-refractivity contribution in [3.63, 3.8) is 0 Å². The minimum atomic E-state index is 0.786. The van der Waals surface area contributed by atoms with Gasteiger partial charge in [-0.2, -0.15) is 0 Å². The summed E-state index contributed by atoms with van der Waals surface area (Å²) in [5.41, 5.74) is 10.1. The van der Waals surface area contributed by atoms with Crippen molar-refractivity contribution in [2.75, 3.05) is 11.1 Å². The number of hydrogen-bond acceptors (Lipinski definition) is 3. The monoisotopic (exact) mass is 310 g/mol. The Kier molecular flexibility index (Phi) is 5.73. The van der Waals surface area contributed by atoms with Crippen LogP contribution in [0.15, 0.2) is 66.2 Å². The second kappa shape index (κ2) is 7.76.